The highest BCUT2D eigenvalue weighted by molar-refractivity contribution is 5.93. The van der Waals surface area contributed by atoms with E-state index in [9.17, 15) is 14.7 Å². The van der Waals surface area contributed by atoms with Crippen LogP contribution in [0.5, 0.6) is 0 Å². The van der Waals surface area contributed by atoms with Crippen LogP contribution in [0.15, 0.2) is 0 Å². The molecular formula is C16H29NO7. The fraction of sp³-hybridized carbons (Fsp3) is 0.875. The molecule has 1 rings (SSSR count). The minimum Gasteiger partial charge on any atom is -0.447 e. The van der Waals surface area contributed by atoms with Gasteiger partial charge in [0.15, 0.2) is 0 Å². The van der Waals surface area contributed by atoms with Gasteiger partial charge in [-0.3, -0.25) is 4.79 Å². The summed E-state index contributed by atoms with van der Waals surface area (Å²) >= 11 is 0. The highest BCUT2D eigenvalue weighted by Crippen LogP contribution is 2.23. The minimum atomic E-state index is -1.06. The smallest absolute Gasteiger partial charge is 0.416 e. The molecular weight excluding hydrogens is 318 g/mol. The number of carbonyl (C=O) groups is 2. The first-order valence-electron chi connectivity index (χ1n) is 8.21. The molecule has 1 heterocycles. The first kappa shape index (κ1) is 20.8. The van der Waals surface area contributed by atoms with Crippen LogP contribution in [-0.2, 0) is 19.0 Å². The highest BCUT2D eigenvalue weighted by atomic mass is 16.7. The fourth-order valence-corrected chi connectivity index (χ4v) is 2.75. The molecule has 0 radical (unpaired) electrons. The van der Waals surface area contributed by atoms with Crippen LogP contribution in [0.3, 0.4) is 0 Å². The first-order chi connectivity index (χ1) is 11.3. The molecule has 8 heteroatoms. The van der Waals surface area contributed by atoms with Crippen LogP contribution in [-0.4, -0.2) is 72.5 Å². The molecule has 140 valence electrons. The maximum absolute atomic E-state index is 12.4. The standard InChI is InChI=1S/C16H29NO7/c1-10(2)12-8-23-16(21)17(12)14(20)6-5-11(3)15(13(19)7-18)24-9-22-4/h10-13,15,18-19H,5-9H2,1-4H3/t11-,12+,13+,15-/m0/s1. The fourth-order valence-electron chi connectivity index (χ4n) is 2.75. The quantitative estimate of drug-likeness (QED) is 0.562. The topological polar surface area (TPSA) is 106 Å². The molecule has 0 bridgehead atoms. The molecule has 1 saturated heterocycles. The summed E-state index contributed by atoms with van der Waals surface area (Å²) in [5, 5.41) is 19.0. The van der Waals surface area contributed by atoms with Gasteiger partial charge >= 0.3 is 6.09 Å². The van der Waals surface area contributed by atoms with E-state index >= 15 is 0 Å². The van der Waals surface area contributed by atoms with E-state index in [1.54, 1.807) is 0 Å². The predicted molar refractivity (Wildman–Crippen MR) is 85.1 cm³/mol. The Morgan fingerprint density at radius 3 is 2.62 bits per heavy atom. The molecule has 2 N–H and O–H groups in total. The molecule has 0 aliphatic carbocycles. The van der Waals surface area contributed by atoms with Crippen molar-refractivity contribution in [3.05, 3.63) is 0 Å². The summed E-state index contributed by atoms with van der Waals surface area (Å²) < 4.78 is 15.2. The molecule has 0 aromatic heterocycles. The second-order valence-electron chi connectivity index (χ2n) is 6.46. The number of methoxy groups -OCH3 is 1. The Hall–Kier alpha value is -1.22. The van der Waals surface area contributed by atoms with E-state index in [0.717, 1.165) is 0 Å². The Morgan fingerprint density at radius 1 is 1.42 bits per heavy atom. The maximum atomic E-state index is 12.4. The van der Waals surface area contributed by atoms with Crippen molar-refractivity contribution in [1.29, 1.82) is 0 Å². The van der Waals surface area contributed by atoms with E-state index in [2.05, 4.69) is 0 Å². The van der Waals surface area contributed by atoms with Gasteiger partial charge in [-0.1, -0.05) is 20.8 Å². The lowest BCUT2D eigenvalue weighted by molar-refractivity contribution is -0.142. The Bertz CT molecular complexity index is 415. The average molecular weight is 347 g/mol. The van der Waals surface area contributed by atoms with Gasteiger partial charge in [0.1, 0.15) is 19.5 Å². The third kappa shape index (κ3) is 5.41. The Labute approximate surface area is 142 Å². The van der Waals surface area contributed by atoms with E-state index in [0.29, 0.717) is 6.42 Å². The largest absolute Gasteiger partial charge is 0.447 e. The van der Waals surface area contributed by atoms with Crippen molar-refractivity contribution in [2.45, 2.75) is 51.9 Å². The van der Waals surface area contributed by atoms with E-state index < -0.39 is 24.9 Å². The summed E-state index contributed by atoms with van der Waals surface area (Å²) in [5.74, 6) is -0.388. The van der Waals surface area contributed by atoms with Crippen LogP contribution < -0.4 is 0 Å². The number of cyclic esters (lactones) is 1. The van der Waals surface area contributed by atoms with E-state index in [4.69, 9.17) is 19.3 Å². The van der Waals surface area contributed by atoms with Gasteiger partial charge in [0.2, 0.25) is 5.91 Å². The average Bonchev–Trinajstić information content (AvgIpc) is 2.94. The van der Waals surface area contributed by atoms with Crippen LogP contribution in [0.25, 0.3) is 0 Å². The molecule has 0 spiro atoms. The van der Waals surface area contributed by atoms with E-state index in [-0.39, 0.29) is 43.6 Å². The second kappa shape index (κ2) is 9.93. The molecule has 2 amide bonds. The Balaban J connectivity index is 2.61. The minimum absolute atomic E-state index is 0.0200. The van der Waals surface area contributed by atoms with Crippen molar-refractivity contribution in [1.82, 2.24) is 4.90 Å². The summed E-state index contributed by atoms with van der Waals surface area (Å²) in [6, 6.07) is -0.246. The zero-order valence-electron chi connectivity index (χ0n) is 14.8. The van der Waals surface area contributed by atoms with Crippen molar-refractivity contribution in [3.63, 3.8) is 0 Å². The highest BCUT2D eigenvalue weighted by Gasteiger charge is 2.39. The molecule has 1 fully saturated rings. The number of amides is 2. The lowest BCUT2D eigenvalue weighted by atomic mass is 9.94. The zero-order chi connectivity index (χ0) is 18.3. The summed E-state index contributed by atoms with van der Waals surface area (Å²) in [6.45, 7) is 5.44. The molecule has 0 aromatic carbocycles. The Morgan fingerprint density at radius 2 is 2.08 bits per heavy atom. The molecule has 0 unspecified atom stereocenters. The monoisotopic (exact) mass is 347 g/mol. The molecule has 0 aromatic rings. The van der Waals surface area contributed by atoms with Gasteiger partial charge < -0.3 is 24.4 Å². The van der Waals surface area contributed by atoms with Gasteiger partial charge in [0, 0.05) is 13.5 Å². The van der Waals surface area contributed by atoms with Crippen molar-refractivity contribution >= 4 is 12.0 Å². The van der Waals surface area contributed by atoms with Gasteiger partial charge in [-0.25, -0.2) is 9.69 Å². The summed E-state index contributed by atoms with van der Waals surface area (Å²) in [6.07, 6.45) is -1.79. The Kier molecular flexibility index (Phi) is 8.61. The van der Waals surface area contributed by atoms with Crippen LogP contribution in [0.2, 0.25) is 0 Å². The zero-order valence-corrected chi connectivity index (χ0v) is 14.8. The summed E-state index contributed by atoms with van der Waals surface area (Å²) in [7, 11) is 1.46. The molecule has 24 heavy (non-hydrogen) atoms. The van der Waals surface area contributed by atoms with Crippen molar-refractivity contribution < 1.29 is 34.0 Å². The first-order valence-corrected chi connectivity index (χ1v) is 8.21. The van der Waals surface area contributed by atoms with Crippen LogP contribution in [0.4, 0.5) is 4.79 Å². The third-order valence-corrected chi connectivity index (χ3v) is 4.26. The van der Waals surface area contributed by atoms with E-state index in [1.165, 1.54) is 12.0 Å². The number of rotatable bonds is 10. The van der Waals surface area contributed by atoms with Gasteiger partial charge in [0.25, 0.3) is 0 Å². The molecule has 8 nitrogen and oxygen atoms in total. The molecule has 1 aliphatic heterocycles. The van der Waals surface area contributed by atoms with Crippen molar-refractivity contribution in [3.8, 4) is 0 Å². The predicted octanol–water partition coefficient (Wildman–Crippen LogP) is 0.748. The lowest BCUT2D eigenvalue weighted by Crippen LogP contribution is -2.42. The van der Waals surface area contributed by atoms with Gasteiger partial charge in [-0.15, -0.1) is 0 Å². The number of hydrogen-bond donors (Lipinski definition) is 2. The number of imide groups is 1. The number of nitrogens with zero attached hydrogens (tertiary/aromatic N) is 1. The summed E-state index contributed by atoms with van der Waals surface area (Å²) in [4.78, 5) is 25.4. The molecule has 1 aliphatic rings. The van der Waals surface area contributed by atoms with Crippen molar-refractivity contribution in [2.24, 2.45) is 11.8 Å². The maximum Gasteiger partial charge on any atom is 0.416 e. The molecule has 0 saturated carbocycles. The van der Waals surface area contributed by atoms with Crippen LogP contribution in [0, 0.1) is 11.8 Å². The SMILES string of the molecule is COCO[C@H]([C@H](O)CO)[C@@H](C)CCC(=O)N1C(=O)OC[C@@H]1C(C)C. The molecule has 4 atom stereocenters. The number of hydrogen-bond acceptors (Lipinski definition) is 7. The number of ether oxygens (including phenoxy) is 3. The van der Waals surface area contributed by atoms with Crippen LogP contribution in [0.1, 0.15) is 33.6 Å². The number of carbonyl (C=O) groups excluding carboxylic acids is 2. The summed E-state index contributed by atoms with van der Waals surface area (Å²) in [5.41, 5.74) is 0. The number of aliphatic hydroxyl groups excluding tert-OH is 2. The number of aliphatic hydroxyl groups is 2. The van der Waals surface area contributed by atoms with Gasteiger partial charge in [0.05, 0.1) is 18.8 Å². The van der Waals surface area contributed by atoms with Gasteiger partial charge in [-0.2, -0.15) is 0 Å². The lowest BCUT2D eigenvalue weighted by Gasteiger charge is -2.28. The third-order valence-electron chi connectivity index (χ3n) is 4.26. The van der Waals surface area contributed by atoms with E-state index in [1.807, 2.05) is 20.8 Å². The second-order valence-corrected chi connectivity index (χ2v) is 6.46. The normalized spacial score (nSPS) is 21.7. The van der Waals surface area contributed by atoms with Crippen molar-refractivity contribution in [2.75, 3.05) is 27.1 Å². The van der Waals surface area contributed by atoms with Crippen LogP contribution >= 0.6 is 0 Å². The van der Waals surface area contributed by atoms with Gasteiger partial charge in [-0.05, 0) is 18.3 Å².